The molecule has 3 amide bonds. The van der Waals surface area contributed by atoms with Crippen molar-refractivity contribution in [1.29, 1.82) is 0 Å². The number of aryl methyl sites for hydroxylation is 5. The molecule has 0 bridgehead atoms. The van der Waals surface area contributed by atoms with Gasteiger partial charge in [-0.15, -0.1) is 0 Å². The van der Waals surface area contributed by atoms with Gasteiger partial charge < -0.3 is 42.5 Å². The number of amides is 3. The van der Waals surface area contributed by atoms with Gasteiger partial charge in [0.2, 0.25) is 5.88 Å². The van der Waals surface area contributed by atoms with Gasteiger partial charge in [0.05, 0.1) is 83.3 Å². The zero-order chi connectivity index (χ0) is 74.8. The van der Waals surface area contributed by atoms with E-state index in [0.717, 1.165) is 187 Å². The Bertz CT molecular complexity index is 4850. The van der Waals surface area contributed by atoms with Gasteiger partial charge in [-0.05, 0) is 184 Å². The van der Waals surface area contributed by atoms with E-state index >= 15 is 0 Å². The lowest BCUT2D eigenvalue weighted by Gasteiger charge is -2.34. The molecule has 22 heteroatoms. The van der Waals surface area contributed by atoms with Crippen LogP contribution in [0.25, 0.3) is 33.1 Å². The molecule has 22 nitrogen and oxygen atoms in total. The van der Waals surface area contributed by atoms with E-state index in [1.807, 2.05) is 75.6 Å². The van der Waals surface area contributed by atoms with E-state index in [2.05, 4.69) is 98.5 Å². The number of carbonyl (C=O) groups is 4. The number of methoxy groups -OCH3 is 3. The van der Waals surface area contributed by atoms with Crippen molar-refractivity contribution in [2.24, 2.45) is 11.8 Å². The largest absolute Gasteiger partial charge is 0.475 e. The summed E-state index contributed by atoms with van der Waals surface area (Å²) in [5.74, 6) is 4.65. The molecule has 562 valence electrons. The van der Waals surface area contributed by atoms with Crippen molar-refractivity contribution in [2.45, 2.75) is 214 Å². The van der Waals surface area contributed by atoms with Crippen LogP contribution < -0.4 is 30.3 Å². The number of imidazole rings is 3. The zero-order valence-electron chi connectivity index (χ0n) is 63.5. The molecule has 0 spiro atoms. The molecule has 5 aliphatic rings. The Labute approximate surface area is 626 Å². The first kappa shape index (κ1) is 75.0. The average molecular weight is 1450 g/mol. The van der Waals surface area contributed by atoms with E-state index in [4.69, 9.17) is 38.9 Å². The van der Waals surface area contributed by atoms with Crippen molar-refractivity contribution in [1.82, 2.24) is 48.5 Å². The van der Waals surface area contributed by atoms with E-state index in [9.17, 15) is 24.0 Å². The Morgan fingerprint density at radius 1 is 0.551 bits per heavy atom. The lowest BCUT2D eigenvalue weighted by atomic mass is 9.83. The first-order valence-corrected chi connectivity index (χ1v) is 38.6. The number of hydrogen-bond donors (Lipinski definition) is 1. The van der Waals surface area contributed by atoms with Crippen LogP contribution in [0, 0.1) is 11.8 Å². The molecular weight excluding hydrogens is 1350 g/mol. The maximum Gasteiger partial charge on any atom is 0.414 e. The van der Waals surface area contributed by atoms with Crippen molar-refractivity contribution in [2.75, 3.05) is 42.6 Å². The van der Waals surface area contributed by atoms with Crippen LogP contribution in [0.2, 0.25) is 0 Å². The molecule has 15 rings (SSSR count). The predicted octanol–water partition coefficient (Wildman–Crippen LogP) is 15.7. The van der Waals surface area contributed by atoms with Crippen LogP contribution in [-0.2, 0) is 83.7 Å². The highest BCUT2D eigenvalue weighted by molar-refractivity contribution is 5.98. The van der Waals surface area contributed by atoms with Crippen LogP contribution in [0.4, 0.5) is 31.4 Å². The second-order valence-corrected chi connectivity index (χ2v) is 29.8. The molecule has 2 fully saturated rings. The third-order valence-corrected chi connectivity index (χ3v) is 22.3. The molecule has 10 aromatic rings. The highest BCUT2D eigenvalue weighted by Crippen LogP contribution is 2.43. The standard InChI is InChI=1S/C30H38N4O4.C28H32N6O3.C27H33N3O2/c1-18(2)38-28-11-7-9-22(31-28)17-27-32-29-24-13-12-19(3)33(30(36)37-5)25(24)14-15-26(29)34(27)23-10-6-8-21(16-23)20(4)35;1-20-8-9-22-23(34(20)28(36)37-2)10-11-24-27(22)31-25(12-16-32-15-4-3-7-26(32)35)33(24)17-14-30-19-21-6-5-13-29-18-21;1-19-13-14-22-23(30(19)27(31)32-2)15-16-24-26(22)28-25(17-20-9-5-3-6-10-20)29(24)18-21-11-7-4-8-12-21/h7,9,11,14-15,18-19,21,23H,6,8,10,12-13,16-17H2,1-5H3;3-7,10-11,13,15,18,20,30H,8-9,12,14,16-17,19H2,1-2H3;3,5-6,9-10,15-16,19,21H,4,7-8,11-14,17-18H2,1-2H3/t19-,21+,23+;20-;19-/m000/s1. The number of ether oxygens (including phenoxy) is 4. The van der Waals surface area contributed by atoms with Crippen LogP contribution in [0.15, 0.2) is 139 Å². The van der Waals surface area contributed by atoms with Crippen LogP contribution in [0.3, 0.4) is 0 Å². The van der Waals surface area contributed by atoms with Gasteiger partial charge in [0.1, 0.15) is 23.3 Å². The molecular formula is C85H103N13O9. The van der Waals surface area contributed by atoms with Crippen molar-refractivity contribution in [3.8, 4) is 5.88 Å². The smallest absolute Gasteiger partial charge is 0.414 e. The monoisotopic (exact) mass is 1450 g/mol. The Balaban J connectivity index is 0.000000142. The lowest BCUT2D eigenvalue weighted by Crippen LogP contribution is -2.42. The Hall–Kier alpha value is -10.2. The summed E-state index contributed by atoms with van der Waals surface area (Å²) in [6, 6.07) is 38.5. The molecule has 5 atom stereocenters. The molecule has 3 aliphatic heterocycles. The number of hydrogen-bond acceptors (Lipinski definition) is 15. The molecule has 0 unspecified atom stereocenters. The molecule has 6 aromatic heterocycles. The number of nitrogens with one attached hydrogen (secondary N) is 1. The summed E-state index contributed by atoms with van der Waals surface area (Å²) < 4.78 is 29.9. The summed E-state index contributed by atoms with van der Waals surface area (Å²) in [4.78, 5) is 92.1. The predicted molar refractivity (Wildman–Crippen MR) is 418 cm³/mol. The summed E-state index contributed by atoms with van der Waals surface area (Å²) in [5, 5.41) is 3.50. The zero-order valence-corrected chi connectivity index (χ0v) is 63.5. The average Bonchev–Trinajstić information content (AvgIpc) is 1.63. The minimum atomic E-state index is -0.351. The van der Waals surface area contributed by atoms with Gasteiger partial charge in [-0.3, -0.25) is 29.3 Å². The fourth-order valence-corrected chi connectivity index (χ4v) is 16.8. The summed E-state index contributed by atoms with van der Waals surface area (Å²) in [6.45, 7) is 15.7. The summed E-state index contributed by atoms with van der Waals surface area (Å²) in [6.07, 6.45) is 22.2. The van der Waals surface area contributed by atoms with Crippen LogP contribution >= 0.6 is 0 Å². The van der Waals surface area contributed by atoms with Gasteiger partial charge in [-0.1, -0.05) is 74.2 Å². The number of pyridine rings is 3. The molecule has 2 saturated carbocycles. The van der Waals surface area contributed by atoms with Crippen molar-refractivity contribution >= 4 is 74.2 Å². The molecule has 9 heterocycles. The fraction of sp³-hybridized carbons (Fsp3) is 0.459. The normalized spacial score (nSPS) is 18.6. The summed E-state index contributed by atoms with van der Waals surface area (Å²) in [5.41, 5.74) is 15.5. The first-order chi connectivity index (χ1) is 52.0. The van der Waals surface area contributed by atoms with E-state index in [1.54, 1.807) is 44.5 Å². The number of rotatable bonds is 18. The lowest BCUT2D eigenvalue weighted by molar-refractivity contribution is -0.122. The number of fused-ring (bicyclic) bond motifs is 9. The van der Waals surface area contributed by atoms with E-state index < -0.39 is 0 Å². The van der Waals surface area contributed by atoms with Gasteiger partial charge in [-0.2, -0.15) is 0 Å². The fourth-order valence-electron chi connectivity index (χ4n) is 16.8. The van der Waals surface area contributed by atoms with Gasteiger partial charge >= 0.3 is 18.3 Å². The van der Waals surface area contributed by atoms with Crippen LogP contribution in [0.1, 0.15) is 176 Å². The molecule has 107 heavy (non-hydrogen) atoms. The van der Waals surface area contributed by atoms with Crippen LogP contribution in [-0.4, -0.2) is 119 Å². The SMILES string of the molecule is COC(=O)N1c2ccc3c(nc(CCn4ccccc4=O)n3CCNCc3cccnc3)c2CC[C@@H]1C.COC(=O)N1c2ccc3c(nc(Cc4cccc(OC(C)C)n4)n3[C@@H]3CCC[C@@H](C(C)=O)C3)c2CC[C@@H]1C.COC(=O)N1c2ccc3c(nc(Cc4ccccc4)n3CC3CCCCC3)c2CC[C@@H]1C. The van der Waals surface area contributed by atoms with Crippen LogP contribution in [0.5, 0.6) is 5.88 Å². The highest BCUT2D eigenvalue weighted by Gasteiger charge is 2.37. The second kappa shape index (κ2) is 34.1. The molecule has 1 N–H and O–H groups in total. The topological polar surface area (TPSA) is 228 Å². The molecule has 4 aromatic carbocycles. The number of benzene rings is 4. The number of ketones is 1. The van der Waals surface area contributed by atoms with E-state index in [1.165, 1.54) is 70.1 Å². The third-order valence-electron chi connectivity index (χ3n) is 22.3. The number of aromatic nitrogens is 9. The summed E-state index contributed by atoms with van der Waals surface area (Å²) in [7, 11) is 4.30. The van der Waals surface area contributed by atoms with Gasteiger partial charge in [0.15, 0.2) is 0 Å². The molecule has 2 aliphatic carbocycles. The van der Waals surface area contributed by atoms with Crippen molar-refractivity contribution < 1.29 is 38.1 Å². The number of nitrogens with zero attached hydrogens (tertiary/aromatic N) is 12. The maximum absolute atomic E-state index is 12.7. The van der Waals surface area contributed by atoms with E-state index in [-0.39, 0.29) is 65.8 Å². The quantitative estimate of drug-likeness (QED) is 0.0622. The molecule has 0 saturated heterocycles. The van der Waals surface area contributed by atoms with Crippen molar-refractivity contribution in [3.05, 3.63) is 195 Å². The Morgan fingerprint density at radius 3 is 1.72 bits per heavy atom. The second-order valence-electron chi connectivity index (χ2n) is 29.8. The number of carbonyl (C=O) groups excluding carboxylic acids is 4. The summed E-state index contributed by atoms with van der Waals surface area (Å²) >= 11 is 0. The Morgan fingerprint density at radius 2 is 1.13 bits per heavy atom. The Kier molecular flexibility index (Phi) is 23.9. The highest BCUT2D eigenvalue weighted by atomic mass is 16.6. The van der Waals surface area contributed by atoms with Crippen molar-refractivity contribution in [3.63, 3.8) is 0 Å². The number of anilines is 3. The van der Waals surface area contributed by atoms with Gasteiger partial charge in [0.25, 0.3) is 5.56 Å². The maximum atomic E-state index is 12.7. The minimum Gasteiger partial charge on any atom is -0.475 e. The van der Waals surface area contributed by atoms with Gasteiger partial charge in [-0.25, -0.2) is 34.3 Å². The minimum absolute atomic E-state index is 0.0246. The number of Topliss-reactive ketones (excluding diaryl/α,β-unsaturated/α-hetero) is 1. The third kappa shape index (κ3) is 16.7. The van der Waals surface area contributed by atoms with E-state index in [0.29, 0.717) is 25.3 Å². The van der Waals surface area contributed by atoms with Gasteiger partial charge in [0, 0.05) is 129 Å². The molecule has 0 radical (unpaired) electrons. The first-order valence-electron chi connectivity index (χ1n) is 38.6.